The smallest absolute Gasteiger partial charge is 0.335 e. The number of nitrogens with one attached hydrogen (secondary N) is 2. The van der Waals surface area contributed by atoms with Gasteiger partial charge < -0.3 is 20.5 Å². The van der Waals surface area contributed by atoms with Crippen molar-refractivity contribution in [3.8, 4) is 11.8 Å². The molecule has 1 fully saturated rings. The maximum atomic E-state index is 15.8. The van der Waals surface area contributed by atoms with Crippen LogP contribution in [0.25, 0.3) is 0 Å². The van der Waals surface area contributed by atoms with Crippen LogP contribution in [0.15, 0.2) is 54.6 Å². The number of rotatable bonds is 7. The van der Waals surface area contributed by atoms with Gasteiger partial charge in [-0.05, 0) is 53.8 Å². The number of carboxylic acids is 1. The van der Waals surface area contributed by atoms with Crippen LogP contribution >= 0.6 is 23.2 Å². The number of carboxylic acid groups (broad SMARTS) is 1. The van der Waals surface area contributed by atoms with E-state index in [0.717, 1.165) is 6.07 Å². The topological polar surface area (TPSA) is 111 Å². The summed E-state index contributed by atoms with van der Waals surface area (Å²) in [6.07, 6.45) is 0.307. The molecule has 1 amide bonds. The zero-order valence-electron chi connectivity index (χ0n) is 23.3. The molecule has 1 aliphatic rings. The summed E-state index contributed by atoms with van der Waals surface area (Å²) in [6.45, 7) is 5.81. The quantitative estimate of drug-likeness (QED) is 0.265. The van der Waals surface area contributed by atoms with Gasteiger partial charge in [-0.1, -0.05) is 62.2 Å². The lowest BCUT2D eigenvalue weighted by Crippen LogP contribution is -2.45. The molecule has 0 unspecified atom stereocenters. The van der Waals surface area contributed by atoms with Gasteiger partial charge in [0.05, 0.1) is 35.5 Å². The number of methoxy groups -OCH3 is 1. The molecule has 0 bridgehead atoms. The summed E-state index contributed by atoms with van der Waals surface area (Å²) < 4.78 is 36.8. The lowest BCUT2D eigenvalue weighted by atomic mass is 9.62. The largest absolute Gasteiger partial charge is 0.495 e. The van der Waals surface area contributed by atoms with Crippen molar-refractivity contribution < 1.29 is 28.2 Å². The third kappa shape index (κ3) is 5.80. The fraction of sp³-hybridized carbons (Fsp3) is 0.323. The van der Waals surface area contributed by atoms with Crippen LogP contribution in [0.2, 0.25) is 10.0 Å². The molecule has 1 saturated heterocycles. The van der Waals surface area contributed by atoms with Crippen molar-refractivity contribution in [2.45, 2.75) is 50.6 Å². The molecule has 7 nitrogen and oxygen atoms in total. The van der Waals surface area contributed by atoms with Crippen molar-refractivity contribution in [1.29, 1.82) is 5.26 Å². The Morgan fingerprint density at radius 2 is 1.86 bits per heavy atom. The number of nitriles is 1. The van der Waals surface area contributed by atoms with Crippen molar-refractivity contribution in [2.24, 2.45) is 5.41 Å². The van der Waals surface area contributed by atoms with Crippen molar-refractivity contribution in [3.05, 3.63) is 93.0 Å². The molecule has 4 rings (SSSR count). The molecule has 1 aliphatic heterocycles. The molecule has 3 aromatic rings. The van der Waals surface area contributed by atoms with Gasteiger partial charge in [0, 0.05) is 22.5 Å². The van der Waals surface area contributed by atoms with Crippen LogP contribution in [0.5, 0.6) is 5.75 Å². The Bertz CT molecular complexity index is 1590. The molecule has 1 heterocycles. The Hall–Kier alpha value is -3.71. The number of aromatic carboxylic acids is 1. The van der Waals surface area contributed by atoms with E-state index < -0.39 is 52.3 Å². The zero-order chi connectivity index (χ0) is 31.0. The van der Waals surface area contributed by atoms with Gasteiger partial charge in [0.15, 0.2) is 0 Å². The number of amides is 1. The summed E-state index contributed by atoms with van der Waals surface area (Å²) in [6, 6.07) is 12.3. The van der Waals surface area contributed by atoms with Gasteiger partial charge in [-0.15, -0.1) is 0 Å². The molecular weight excluding hydrogens is 587 g/mol. The third-order valence-electron chi connectivity index (χ3n) is 7.44. The fourth-order valence-corrected chi connectivity index (χ4v) is 6.04. The van der Waals surface area contributed by atoms with E-state index in [9.17, 15) is 20.0 Å². The highest BCUT2D eigenvalue weighted by Gasteiger charge is 2.61. The molecule has 0 aliphatic carbocycles. The Kier molecular flexibility index (Phi) is 8.84. The lowest BCUT2D eigenvalue weighted by molar-refractivity contribution is -0.118. The van der Waals surface area contributed by atoms with Crippen LogP contribution in [-0.2, 0) is 10.2 Å². The van der Waals surface area contributed by atoms with E-state index in [-0.39, 0.29) is 38.2 Å². The molecular formula is C31H29Cl2F2N3O4. The minimum absolute atomic E-state index is 0.0424. The first kappa shape index (κ1) is 31.2. The van der Waals surface area contributed by atoms with Gasteiger partial charge in [-0.2, -0.15) is 5.26 Å². The van der Waals surface area contributed by atoms with Gasteiger partial charge in [0.2, 0.25) is 5.91 Å². The van der Waals surface area contributed by atoms with E-state index in [2.05, 4.69) is 16.7 Å². The van der Waals surface area contributed by atoms with E-state index in [1.807, 2.05) is 20.8 Å². The molecule has 3 aromatic carbocycles. The summed E-state index contributed by atoms with van der Waals surface area (Å²) in [5.41, 5.74) is -2.18. The van der Waals surface area contributed by atoms with Crippen LogP contribution < -0.4 is 15.4 Å². The predicted octanol–water partition coefficient (Wildman–Crippen LogP) is 6.94. The van der Waals surface area contributed by atoms with Crippen molar-refractivity contribution in [1.82, 2.24) is 5.32 Å². The second-order valence-corrected chi connectivity index (χ2v) is 12.2. The van der Waals surface area contributed by atoms with Crippen LogP contribution in [0.4, 0.5) is 14.5 Å². The first-order valence-electron chi connectivity index (χ1n) is 13.0. The number of carbonyl (C=O) groups is 2. The first-order valence-corrected chi connectivity index (χ1v) is 13.8. The summed E-state index contributed by atoms with van der Waals surface area (Å²) in [7, 11) is 1.32. The zero-order valence-corrected chi connectivity index (χ0v) is 24.8. The average molecular weight is 616 g/mol. The predicted molar refractivity (Wildman–Crippen MR) is 156 cm³/mol. The minimum atomic E-state index is -1.78. The lowest BCUT2D eigenvalue weighted by Gasteiger charge is -2.37. The number of anilines is 1. The van der Waals surface area contributed by atoms with Gasteiger partial charge in [0.25, 0.3) is 0 Å². The molecule has 0 aromatic heterocycles. The molecule has 0 radical (unpaired) electrons. The first-order chi connectivity index (χ1) is 19.7. The second kappa shape index (κ2) is 11.9. The molecule has 4 atom stereocenters. The summed E-state index contributed by atoms with van der Waals surface area (Å²) in [4.78, 5) is 25.5. The number of hydrogen-bond acceptors (Lipinski definition) is 5. The molecule has 42 heavy (non-hydrogen) atoms. The number of hydrogen-bond donors (Lipinski definition) is 3. The molecule has 0 saturated carbocycles. The van der Waals surface area contributed by atoms with E-state index in [4.69, 9.17) is 27.9 Å². The number of benzene rings is 3. The maximum Gasteiger partial charge on any atom is 0.335 e. The molecule has 0 spiro atoms. The molecule has 220 valence electrons. The summed E-state index contributed by atoms with van der Waals surface area (Å²) in [5.74, 6) is -4.65. The standard InChI is InChI=1S/C31H29Cl2F2N3O4/c1-30(2,3)14-24-31(15-36,19-10-9-17(32)13-21(19)34)25(18-6-5-7-20(33)26(18)35)27(38-24)28(39)37-22-11-8-16(29(40)41)12-23(22)42-4/h5-13,24-25,27,38H,14H2,1-4H3,(H,37,39)(H,40,41)/t24-,25-,27-,31-/m1/s1. The van der Waals surface area contributed by atoms with E-state index in [1.165, 1.54) is 55.6 Å². The van der Waals surface area contributed by atoms with Crippen LogP contribution in [0, 0.1) is 28.4 Å². The van der Waals surface area contributed by atoms with Gasteiger partial charge >= 0.3 is 5.97 Å². The van der Waals surface area contributed by atoms with E-state index in [0.29, 0.717) is 6.42 Å². The second-order valence-electron chi connectivity index (χ2n) is 11.4. The van der Waals surface area contributed by atoms with Crippen LogP contribution in [-0.4, -0.2) is 36.2 Å². The number of ether oxygens (including phenoxy) is 1. The third-order valence-corrected chi connectivity index (χ3v) is 7.96. The van der Waals surface area contributed by atoms with Crippen molar-refractivity contribution in [2.75, 3.05) is 12.4 Å². The summed E-state index contributed by atoms with van der Waals surface area (Å²) in [5, 5.41) is 26.1. The van der Waals surface area contributed by atoms with Crippen molar-refractivity contribution in [3.63, 3.8) is 0 Å². The highest BCUT2D eigenvalue weighted by molar-refractivity contribution is 6.31. The average Bonchev–Trinajstić information content (AvgIpc) is 3.23. The van der Waals surface area contributed by atoms with E-state index in [1.54, 1.807) is 0 Å². The maximum absolute atomic E-state index is 15.8. The number of halogens is 4. The Labute approximate surface area is 252 Å². The van der Waals surface area contributed by atoms with E-state index >= 15 is 8.78 Å². The Morgan fingerprint density at radius 3 is 2.45 bits per heavy atom. The van der Waals surface area contributed by atoms with Crippen LogP contribution in [0.3, 0.4) is 0 Å². The van der Waals surface area contributed by atoms with Gasteiger partial charge in [-0.25, -0.2) is 13.6 Å². The highest BCUT2D eigenvalue weighted by atomic mass is 35.5. The number of carbonyl (C=O) groups excluding carboxylic acids is 1. The van der Waals surface area contributed by atoms with Gasteiger partial charge in [0.1, 0.15) is 22.8 Å². The van der Waals surface area contributed by atoms with Crippen molar-refractivity contribution >= 4 is 40.8 Å². The number of nitrogens with zero attached hydrogens (tertiary/aromatic N) is 1. The SMILES string of the molecule is COc1cc(C(=O)O)ccc1NC(=O)[C@@H]1N[C@H](CC(C)(C)C)[C@@](C#N)(c2ccc(Cl)cc2F)[C@@H]1c1cccc(Cl)c1F. The molecule has 11 heteroatoms. The monoisotopic (exact) mass is 615 g/mol. The van der Waals surface area contributed by atoms with Crippen LogP contribution in [0.1, 0.15) is 54.6 Å². The fourth-order valence-electron chi connectivity index (χ4n) is 5.69. The normalized spacial score (nSPS) is 21.9. The Balaban J connectivity index is 1.95. The Morgan fingerprint density at radius 1 is 1.14 bits per heavy atom. The molecule has 3 N–H and O–H groups in total. The minimum Gasteiger partial charge on any atom is -0.495 e. The summed E-state index contributed by atoms with van der Waals surface area (Å²) >= 11 is 12.2. The highest BCUT2D eigenvalue weighted by Crippen LogP contribution is 2.53. The van der Waals surface area contributed by atoms with Gasteiger partial charge in [-0.3, -0.25) is 4.79 Å².